The van der Waals surface area contributed by atoms with Crippen LogP contribution in [0.2, 0.25) is 0 Å². The molecular weight excluding hydrogens is 322 g/mol. The SMILES string of the molecule is N=C(/C=C1/COc2cc(NC3CCCC3)ccc2CN1)C1C=CC=CC1. The minimum atomic E-state index is 0.169. The van der Waals surface area contributed by atoms with Gasteiger partial charge in [0.25, 0.3) is 0 Å². The van der Waals surface area contributed by atoms with Crippen LogP contribution in [0.1, 0.15) is 37.7 Å². The summed E-state index contributed by atoms with van der Waals surface area (Å²) in [5.41, 5.74) is 3.91. The van der Waals surface area contributed by atoms with Gasteiger partial charge in [0.05, 0.1) is 5.70 Å². The van der Waals surface area contributed by atoms with Crippen molar-refractivity contribution in [2.45, 2.75) is 44.7 Å². The first-order valence-corrected chi connectivity index (χ1v) is 9.66. The van der Waals surface area contributed by atoms with Crippen LogP contribution < -0.4 is 15.4 Å². The molecule has 0 spiro atoms. The van der Waals surface area contributed by atoms with Crippen molar-refractivity contribution in [2.24, 2.45) is 5.92 Å². The standard InChI is InChI=1S/C22H27N3O/c23-21(16-6-2-1-3-7-16)12-20-15-26-22-13-19(11-10-17(22)14-24-20)25-18-8-4-5-9-18/h1-3,6,10-13,16,18,23-25H,4-5,7-9,14-15H2/b20-12-,23-21?. The Morgan fingerprint density at radius 3 is 2.92 bits per heavy atom. The van der Waals surface area contributed by atoms with Gasteiger partial charge in [0.2, 0.25) is 0 Å². The molecule has 0 bridgehead atoms. The number of fused-ring (bicyclic) bond motifs is 1. The summed E-state index contributed by atoms with van der Waals surface area (Å²) >= 11 is 0. The largest absolute Gasteiger partial charge is 0.487 e. The van der Waals surface area contributed by atoms with Crippen molar-refractivity contribution < 1.29 is 4.74 Å². The lowest BCUT2D eigenvalue weighted by atomic mass is 9.95. The second-order valence-electron chi connectivity index (χ2n) is 7.37. The molecule has 1 fully saturated rings. The molecular formula is C22H27N3O. The fraction of sp³-hybridized carbons (Fsp3) is 0.409. The van der Waals surface area contributed by atoms with Gasteiger partial charge in [0.1, 0.15) is 12.4 Å². The van der Waals surface area contributed by atoms with Crippen LogP contribution in [0.5, 0.6) is 5.75 Å². The van der Waals surface area contributed by atoms with Gasteiger partial charge in [-0.2, -0.15) is 0 Å². The topological polar surface area (TPSA) is 57.1 Å². The Labute approximate surface area is 155 Å². The highest BCUT2D eigenvalue weighted by atomic mass is 16.5. The number of benzene rings is 1. The third-order valence-corrected chi connectivity index (χ3v) is 5.39. The molecule has 0 aromatic heterocycles. The van der Waals surface area contributed by atoms with E-state index in [1.54, 1.807) is 0 Å². The zero-order chi connectivity index (χ0) is 17.8. The normalized spacial score (nSPS) is 23.8. The van der Waals surface area contributed by atoms with Gasteiger partial charge in [-0.3, -0.25) is 0 Å². The van der Waals surface area contributed by atoms with E-state index >= 15 is 0 Å². The highest BCUT2D eigenvalue weighted by Crippen LogP contribution is 2.29. The minimum Gasteiger partial charge on any atom is -0.487 e. The molecule has 0 radical (unpaired) electrons. The van der Waals surface area contributed by atoms with Crippen LogP contribution in [0.3, 0.4) is 0 Å². The number of rotatable bonds is 4. The molecule has 0 saturated heterocycles. The van der Waals surface area contributed by atoms with Crippen LogP contribution in [-0.2, 0) is 6.54 Å². The fourth-order valence-corrected chi connectivity index (χ4v) is 3.84. The van der Waals surface area contributed by atoms with E-state index in [9.17, 15) is 0 Å². The van der Waals surface area contributed by atoms with E-state index < -0.39 is 0 Å². The number of hydrogen-bond donors (Lipinski definition) is 3. The molecule has 3 N–H and O–H groups in total. The van der Waals surface area contributed by atoms with E-state index in [2.05, 4.69) is 41.0 Å². The zero-order valence-corrected chi connectivity index (χ0v) is 15.1. The van der Waals surface area contributed by atoms with E-state index in [1.807, 2.05) is 18.2 Å². The second-order valence-corrected chi connectivity index (χ2v) is 7.37. The Balaban J connectivity index is 1.41. The van der Waals surface area contributed by atoms with E-state index in [0.717, 1.165) is 35.7 Å². The van der Waals surface area contributed by atoms with Gasteiger partial charge in [-0.1, -0.05) is 43.2 Å². The Morgan fingerprint density at radius 1 is 1.23 bits per heavy atom. The van der Waals surface area contributed by atoms with Crippen LogP contribution in [0.25, 0.3) is 0 Å². The first-order chi connectivity index (χ1) is 12.8. The molecule has 1 aromatic carbocycles. The van der Waals surface area contributed by atoms with E-state index in [4.69, 9.17) is 10.1 Å². The average Bonchev–Trinajstić information content (AvgIpc) is 3.10. The van der Waals surface area contributed by atoms with E-state index in [0.29, 0.717) is 18.4 Å². The summed E-state index contributed by atoms with van der Waals surface area (Å²) in [4.78, 5) is 0. The number of hydrogen-bond acceptors (Lipinski definition) is 4. The molecule has 4 heteroatoms. The highest BCUT2D eigenvalue weighted by Gasteiger charge is 2.17. The van der Waals surface area contributed by atoms with Crippen molar-refractivity contribution >= 4 is 11.4 Å². The molecule has 0 amide bonds. The molecule has 26 heavy (non-hydrogen) atoms. The smallest absolute Gasteiger partial charge is 0.128 e. The van der Waals surface area contributed by atoms with Gasteiger partial charge in [-0.15, -0.1) is 0 Å². The molecule has 4 nitrogen and oxygen atoms in total. The third-order valence-electron chi connectivity index (χ3n) is 5.39. The molecule has 1 atom stereocenters. The lowest BCUT2D eigenvalue weighted by molar-refractivity contribution is 0.351. The van der Waals surface area contributed by atoms with Crippen LogP contribution >= 0.6 is 0 Å². The molecule has 1 aromatic rings. The number of anilines is 1. The van der Waals surface area contributed by atoms with Crippen molar-refractivity contribution in [1.82, 2.24) is 5.32 Å². The summed E-state index contributed by atoms with van der Waals surface area (Å²) in [7, 11) is 0. The maximum Gasteiger partial charge on any atom is 0.128 e. The molecule has 1 aliphatic heterocycles. The minimum absolute atomic E-state index is 0.169. The summed E-state index contributed by atoms with van der Waals surface area (Å²) in [5, 5.41) is 15.4. The fourth-order valence-electron chi connectivity index (χ4n) is 3.84. The molecule has 4 rings (SSSR count). The van der Waals surface area contributed by atoms with Gasteiger partial charge >= 0.3 is 0 Å². The lowest BCUT2D eigenvalue weighted by Crippen LogP contribution is -2.18. The van der Waals surface area contributed by atoms with Crippen LogP contribution in [0, 0.1) is 11.3 Å². The average molecular weight is 349 g/mol. The number of nitrogens with one attached hydrogen (secondary N) is 3. The lowest BCUT2D eigenvalue weighted by Gasteiger charge is -2.15. The highest BCUT2D eigenvalue weighted by molar-refractivity contribution is 5.96. The molecule has 3 aliphatic rings. The van der Waals surface area contributed by atoms with Crippen molar-refractivity contribution in [1.29, 1.82) is 5.41 Å². The van der Waals surface area contributed by atoms with Gasteiger partial charge in [-0.25, -0.2) is 0 Å². The first-order valence-electron chi connectivity index (χ1n) is 9.66. The predicted molar refractivity (Wildman–Crippen MR) is 107 cm³/mol. The predicted octanol–water partition coefficient (Wildman–Crippen LogP) is 4.56. The quantitative estimate of drug-likeness (QED) is 0.699. The van der Waals surface area contributed by atoms with Gasteiger partial charge in [0.15, 0.2) is 0 Å². The van der Waals surface area contributed by atoms with Gasteiger partial charge < -0.3 is 20.8 Å². The number of ether oxygens (including phenoxy) is 1. The van der Waals surface area contributed by atoms with Crippen LogP contribution in [0.4, 0.5) is 5.69 Å². The zero-order valence-electron chi connectivity index (χ0n) is 15.1. The summed E-state index contributed by atoms with van der Waals surface area (Å²) in [5.74, 6) is 1.11. The summed E-state index contributed by atoms with van der Waals surface area (Å²) < 4.78 is 6.05. The summed E-state index contributed by atoms with van der Waals surface area (Å²) in [6.45, 7) is 1.22. The Bertz CT molecular complexity index is 757. The molecule has 2 aliphatic carbocycles. The third kappa shape index (κ3) is 4.01. The van der Waals surface area contributed by atoms with Crippen LogP contribution in [0.15, 0.2) is 54.3 Å². The molecule has 1 unspecified atom stereocenters. The van der Waals surface area contributed by atoms with Crippen molar-refractivity contribution in [3.63, 3.8) is 0 Å². The maximum absolute atomic E-state index is 8.34. The van der Waals surface area contributed by atoms with Crippen molar-refractivity contribution in [3.05, 3.63) is 59.8 Å². The Morgan fingerprint density at radius 2 is 2.12 bits per heavy atom. The number of allylic oxidation sites excluding steroid dienone is 5. The Hall–Kier alpha value is -2.49. The Kier molecular flexibility index (Phi) is 5.09. The second kappa shape index (κ2) is 7.81. The first kappa shape index (κ1) is 17.0. The van der Waals surface area contributed by atoms with E-state index in [1.165, 1.54) is 25.7 Å². The van der Waals surface area contributed by atoms with E-state index in [-0.39, 0.29) is 5.92 Å². The molecule has 136 valence electrons. The monoisotopic (exact) mass is 349 g/mol. The van der Waals surface area contributed by atoms with Gasteiger partial charge in [0, 0.05) is 41.5 Å². The van der Waals surface area contributed by atoms with Crippen molar-refractivity contribution in [3.8, 4) is 5.75 Å². The summed E-state index contributed by atoms with van der Waals surface area (Å²) in [6.07, 6.45) is 16.3. The van der Waals surface area contributed by atoms with Crippen LogP contribution in [-0.4, -0.2) is 18.4 Å². The summed E-state index contributed by atoms with van der Waals surface area (Å²) in [6, 6.07) is 7.02. The maximum atomic E-state index is 8.34. The molecule has 1 saturated carbocycles. The van der Waals surface area contributed by atoms with Crippen molar-refractivity contribution in [2.75, 3.05) is 11.9 Å². The van der Waals surface area contributed by atoms with Gasteiger partial charge in [-0.05, 0) is 31.4 Å². The molecule has 1 heterocycles.